The van der Waals surface area contributed by atoms with Crippen molar-refractivity contribution in [2.24, 2.45) is 0 Å². The minimum Gasteiger partial charge on any atom is -0.491 e. The molecule has 1 rings (SSSR count). The van der Waals surface area contributed by atoms with Crippen molar-refractivity contribution >= 4 is 0 Å². The molecule has 0 aliphatic heterocycles. The second-order valence-corrected chi connectivity index (χ2v) is 2.00. The average molecular weight is 171 g/mol. The van der Waals surface area contributed by atoms with E-state index in [-0.39, 0.29) is 11.4 Å². The Morgan fingerprint density at radius 1 is 1.50 bits per heavy atom. The molecular formula is C6H9N3O3. The number of aromatic nitrogens is 2. The highest BCUT2D eigenvalue weighted by Gasteiger charge is 2.06. The van der Waals surface area contributed by atoms with Crippen LogP contribution in [0.3, 0.4) is 0 Å². The Labute approximate surface area is 68.4 Å². The number of ether oxygens (including phenoxy) is 2. The molecule has 0 saturated carbocycles. The molecule has 0 atom stereocenters. The average Bonchev–Trinajstić information content (AvgIpc) is 2.09. The first-order valence-electron chi connectivity index (χ1n) is 3.15. The molecular weight excluding hydrogens is 162 g/mol. The van der Waals surface area contributed by atoms with Crippen molar-refractivity contribution in [2.45, 2.75) is 0 Å². The van der Waals surface area contributed by atoms with Crippen LogP contribution in [0.25, 0.3) is 0 Å². The van der Waals surface area contributed by atoms with E-state index in [1.807, 2.05) is 0 Å². The van der Waals surface area contributed by atoms with Crippen LogP contribution >= 0.6 is 0 Å². The summed E-state index contributed by atoms with van der Waals surface area (Å²) in [5.74, 6) is 0.448. The summed E-state index contributed by atoms with van der Waals surface area (Å²) in [6.45, 7) is 0. The van der Waals surface area contributed by atoms with Gasteiger partial charge in [-0.3, -0.25) is 5.41 Å². The van der Waals surface area contributed by atoms with Gasteiger partial charge < -0.3 is 14.7 Å². The number of hydrogen-bond donors (Lipinski definition) is 2. The molecule has 0 radical (unpaired) electrons. The zero-order chi connectivity index (χ0) is 9.14. The summed E-state index contributed by atoms with van der Waals surface area (Å²) < 4.78 is 9.61. The molecule has 0 saturated heterocycles. The highest BCUT2D eigenvalue weighted by molar-refractivity contribution is 5.29. The van der Waals surface area contributed by atoms with Crippen molar-refractivity contribution < 1.29 is 14.7 Å². The molecule has 0 fully saturated rings. The molecule has 1 aromatic rings. The lowest BCUT2D eigenvalue weighted by Crippen LogP contribution is -2.20. The van der Waals surface area contributed by atoms with E-state index in [4.69, 9.17) is 20.1 Å². The van der Waals surface area contributed by atoms with Crippen LogP contribution in [0, 0.1) is 5.41 Å². The lowest BCUT2D eigenvalue weighted by Gasteiger charge is -2.05. The van der Waals surface area contributed by atoms with Gasteiger partial charge >= 0.3 is 0 Å². The van der Waals surface area contributed by atoms with Crippen molar-refractivity contribution in [3.8, 4) is 11.6 Å². The second-order valence-electron chi connectivity index (χ2n) is 2.00. The third kappa shape index (κ3) is 1.31. The summed E-state index contributed by atoms with van der Waals surface area (Å²) in [5, 5.41) is 19.6. The molecule has 66 valence electrons. The molecule has 0 unspecified atom stereocenters. The van der Waals surface area contributed by atoms with Gasteiger partial charge in [0.05, 0.1) is 14.2 Å². The lowest BCUT2D eigenvalue weighted by atomic mass is 10.5. The fraction of sp³-hybridized carbons (Fsp3) is 0.333. The van der Waals surface area contributed by atoms with Gasteiger partial charge in [-0.25, -0.2) is 0 Å². The van der Waals surface area contributed by atoms with Gasteiger partial charge in [-0.2, -0.15) is 0 Å². The summed E-state index contributed by atoms with van der Waals surface area (Å²) in [6, 6.07) is 1.30. The Kier molecular flexibility index (Phi) is 2.18. The molecule has 0 aromatic carbocycles. The lowest BCUT2D eigenvalue weighted by molar-refractivity contribution is 0.120. The van der Waals surface area contributed by atoms with Crippen LogP contribution in [0.15, 0.2) is 6.07 Å². The van der Waals surface area contributed by atoms with Crippen molar-refractivity contribution in [1.29, 1.82) is 5.41 Å². The summed E-state index contributed by atoms with van der Waals surface area (Å²) in [6.07, 6.45) is 0. The Hall–Kier alpha value is -1.72. The van der Waals surface area contributed by atoms with Crippen LogP contribution in [0.2, 0.25) is 0 Å². The molecule has 6 heteroatoms. The highest BCUT2D eigenvalue weighted by Crippen LogP contribution is 2.19. The van der Waals surface area contributed by atoms with Crippen LogP contribution < -0.4 is 15.0 Å². The zero-order valence-electron chi connectivity index (χ0n) is 6.74. The first-order valence-corrected chi connectivity index (χ1v) is 3.15. The monoisotopic (exact) mass is 171 g/mol. The summed E-state index contributed by atoms with van der Waals surface area (Å²) >= 11 is 0. The summed E-state index contributed by atoms with van der Waals surface area (Å²) in [7, 11) is 2.83. The second kappa shape index (κ2) is 3.12. The standard InChI is InChI=1S/C6H9N3O3/c1-11-4-3-5(7)9(10)8-6(4)12-2/h3,7,10H,1-2H3. The molecule has 0 bridgehead atoms. The van der Waals surface area contributed by atoms with Crippen molar-refractivity contribution in [3.63, 3.8) is 0 Å². The van der Waals surface area contributed by atoms with Crippen LogP contribution in [0.4, 0.5) is 0 Å². The Balaban J connectivity index is 3.29. The topological polar surface area (TPSA) is 80.4 Å². The summed E-state index contributed by atoms with van der Waals surface area (Å²) in [5.41, 5.74) is -0.173. The Bertz CT molecular complexity index is 333. The van der Waals surface area contributed by atoms with Crippen molar-refractivity contribution in [1.82, 2.24) is 9.94 Å². The molecule has 12 heavy (non-hydrogen) atoms. The maximum absolute atomic E-state index is 8.93. The quantitative estimate of drug-likeness (QED) is 0.594. The van der Waals surface area contributed by atoms with Gasteiger partial charge in [0.15, 0.2) is 11.2 Å². The minimum atomic E-state index is -0.173. The maximum atomic E-state index is 8.93. The molecule has 6 nitrogen and oxygen atoms in total. The molecule has 0 amide bonds. The van der Waals surface area contributed by atoms with Gasteiger partial charge in [-0.15, -0.1) is 0 Å². The Morgan fingerprint density at radius 2 is 2.17 bits per heavy atom. The van der Waals surface area contributed by atoms with Gasteiger partial charge in [0.25, 0.3) is 5.88 Å². The van der Waals surface area contributed by atoms with Crippen molar-refractivity contribution in [2.75, 3.05) is 14.2 Å². The van der Waals surface area contributed by atoms with E-state index in [0.29, 0.717) is 10.6 Å². The van der Waals surface area contributed by atoms with Gasteiger partial charge in [-0.05, 0) is 0 Å². The largest absolute Gasteiger partial charge is 0.491 e. The predicted octanol–water partition coefficient (Wildman–Crippen LogP) is -0.383. The molecule has 0 aliphatic carbocycles. The van der Waals surface area contributed by atoms with Crippen molar-refractivity contribution in [3.05, 3.63) is 11.6 Å². The number of nitrogens with one attached hydrogen (secondary N) is 1. The fourth-order valence-corrected chi connectivity index (χ4v) is 0.720. The maximum Gasteiger partial charge on any atom is 0.277 e. The van der Waals surface area contributed by atoms with Crippen LogP contribution in [-0.4, -0.2) is 29.4 Å². The SMILES string of the molecule is COc1cc(=N)n(O)nc1OC. The van der Waals surface area contributed by atoms with E-state index < -0.39 is 0 Å². The first-order chi connectivity index (χ1) is 5.69. The van der Waals surface area contributed by atoms with Gasteiger partial charge in [0.1, 0.15) is 0 Å². The van der Waals surface area contributed by atoms with E-state index in [0.717, 1.165) is 0 Å². The van der Waals surface area contributed by atoms with E-state index in [1.54, 1.807) is 0 Å². The first kappa shape index (κ1) is 8.38. The smallest absolute Gasteiger partial charge is 0.277 e. The minimum absolute atomic E-state index is 0.135. The van der Waals surface area contributed by atoms with Gasteiger partial charge in [0, 0.05) is 6.07 Å². The molecule has 1 aromatic heterocycles. The van der Waals surface area contributed by atoms with Gasteiger partial charge in [-0.1, -0.05) is 9.94 Å². The molecule has 0 aliphatic rings. The molecule has 2 N–H and O–H groups in total. The predicted molar refractivity (Wildman–Crippen MR) is 38.4 cm³/mol. The van der Waals surface area contributed by atoms with E-state index in [9.17, 15) is 0 Å². The molecule has 0 spiro atoms. The highest BCUT2D eigenvalue weighted by atomic mass is 16.5. The van der Waals surface area contributed by atoms with Crippen LogP contribution in [0.1, 0.15) is 0 Å². The fourth-order valence-electron chi connectivity index (χ4n) is 0.720. The van der Waals surface area contributed by atoms with Crippen LogP contribution in [-0.2, 0) is 0 Å². The number of nitrogens with zero attached hydrogens (tertiary/aromatic N) is 2. The number of methoxy groups -OCH3 is 2. The summed E-state index contributed by atoms with van der Waals surface area (Å²) in [4.78, 5) is 0.404. The molecule has 1 heterocycles. The third-order valence-corrected chi connectivity index (χ3v) is 1.29. The normalized spacial score (nSPS) is 9.50. The number of rotatable bonds is 2. The van der Waals surface area contributed by atoms with E-state index >= 15 is 0 Å². The number of hydrogen-bond acceptors (Lipinski definition) is 5. The zero-order valence-corrected chi connectivity index (χ0v) is 6.74. The Morgan fingerprint density at radius 3 is 2.67 bits per heavy atom. The van der Waals surface area contributed by atoms with Gasteiger partial charge in [0.2, 0.25) is 0 Å². The third-order valence-electron chi connectivity index (χ3n) is 1.29. The van der Waals surface area contributed by atoms with Crippen LogP contribution in [0.5, 0.6) is 11.6 Å². The van der Waals surface area contributed by atoms with E-state index in [2.05, 4.69) is 5.10 Å². The van der Waals surface area contributed by atoms with E-state index in [1.165, 1.54) is 20.3 Å².